The maximum absolute atomic E-state index is 13.6. The van der Waals surface area contributed by atoms with Crippen LogP contribution in [0.25, 0.3) is 5.82 Å². The van der Waals surface area contributed by atoms with E-state index in [9.17, 15) is 31.5 Å². The van der Waals surface area contributed by atoms with E-state index in [1.54, 1.807) is 6.92 Å². The molecular formula is C22H13ClF5N9O2. The van der Waals surface area contributed by atoms with Crippen molar-refractivity contribution < 1.29 is 31.5 Å². The number of tetrazole rings is 1. The minimum atomic E-state index is -5.94. The minimum Gasteiger partial charge on any atom is -0.320 e. The molecule has 0 fully saturated rings. The van der Waals surface area contributed by atoms with E-state index in [2.05, 4.69) is 30.8 Å². The Kier molecular flexibility index (Phi) is 7.11. The second kappa shape index (κ2) is 10.2. The van der Waals surface area contributed by atoms with Gasteiger partial charge in [0.2, 0.25) is 0 Å². The fourth-order valence-corrected chi connectivity index (χ4v) is 3.59. The smallest absolute Gasteiger partial charge is 0.320 e. The average Bonchev–Trinajstić information content (AvgIpc) is 3.52. The molecule has 0 unspecified atom stereocenters. The van der Waals surface area contributed by atoms with Crippen LogP contribution in [0, 0.1) is 18.3 Å². The number of aryl methyl sites for hydroxylation is 1. The van der Waals surface area contributed by atoms with E-state index < -0.39 is 30.4 Å². The van der Waals surface area contributed by atoms with Gasteiger partial charge in [0.05, 0.1) is 28.0 Å². The van der Waals surface area contributed by atoms with E-state index in [0.29, 0.717) is 16.6 Å². The first-order valence-corrected chi connectivity index (χ1v) is 11.0. The summed E-state index contributed by atoms with van der Waals surface area (Å²) in [5.74, 6) is -8.04. The SMILES string of the molecule is Cc1cc(C#N)cc(C=O)c1NC(=O)c1cc(Cn2nnc(C(F)(F)C(F)(F)F)n2)nn1-c1ncccc1Cl. The number of nitriles is 1. The number of anilines is 1. The van der Waals surface area contributed by atoms with Crippen LogP contribution in [0.3, 0.4) is 0 Å². The standard InChI is InChI=1S/C22H13ClF5N9O2/c1-11-5-12(8-29)6-13(10-38)17(11)31-19(39)16-7-14(33-37(16)18-15(23)3-2-4-30-18)9-36-34-20(32-35-36)21(24,25)22(26,27)28/h2-7,10H,9H2,1H3,(H,31,39). The van der Waals surface area contributed by atoms with Gasteiger partial charge in [0.25, 0.3) is 11.7 Å². The van der Waals surface area contributed by atoms with Crippen molar-refractivity contribution >= 4 is 29.5 Å². The summed E-state index contributed by atoms with van der Waals surface area (Å²) in [5, 5.41) is 25.0. The van der Waals surface area contributed by atoms with E-state index in [-0.39, 0.29) is 39.0 Å². The Morgan fingerprint density at radius 1 is 1.21 bits per heavy atom. The molecule has 200 valence electrons. The van der Waals surface area contributed by atoms with Gasteiger partial charge in [0.1, 0.15) is 12.2 Å². The number of alkyl halides is 5. The molecule has 3 aromatic heterocycles. The van der Waals surface area contributed by atoms with Crippen molar-refractivity contribution in [1.29, 1.82) is 5.26 Å². The third kappa shape index (κ3) is 5.29. The number of carbonyl (C=O) groups excluding carboxylic acids is 2. The monoisotopic (exact) mass is 565 g/mol. The van der Waals surface area contributed by atoms with Gasteiger partial charge in [-0.05, 0) is 48.0 Å². The maximum atomic E-state index is 13.6. The van der Waals surface area contributed by atoms with Crippen LogP contribution in [0.2, 0.25) is 5.02 Å². The third-order valence-corrected chi connectivity index (χ3v) is 5.48. The highest BCUT2D eigenvalue weighted by Crippen LogP contribution is 2.41. The highest BCUT2D eigenvalue weighted by molar-refractivity contribution is 6.32. The number of carbonyl (C=O) groups is 2. The Morgan fingerprint density at radius 3 is 2.59 bits per heavy atom. The van der Waals surface area contributed by atoms with Crippen molar-refractivity contribution in [2.24, 2.45) is 0 Å². The highest BCUT2D eigenvalue weighted by atomic mass is 35.5. The van der Waals surface area contributed by atoms with Gasteiger partial charge in [-0.3, -0.25) is 9.59 Å². The molecule has 0 aliphatic heterocycles. The molecule has 1 N–H and O–H groups in total. The minimum absolute atomic E-state index is 0.0152. The predicted octanol–water partition coefficient (Wildman–Crippen LogP) is 3.85. The molecule has 0 aliphatic rings. The molecule has 11 nitrogen and oxygen atoms in total. The summed E-state index contributed by atoms with van der Waals surface area (Å²) in [5.41, 5.74) is 0.451. The number of hydrogen-bond donors (Lipinski definition) is 1. The van der Waals surface area contributed by atoms with Gasteiger partial charge in [-0.15, -0.1) is 10.2 Å². The van der Waals surface area contributed by atoms with Gasteiger partial charge in [-0.25, -0.2) is 9.67 Å². The fourth-order valence-electron chi connectivity index (χ4n) is 3.39. The summed E-state index contributed by atoms with van der Waals surface area (Å²) in [6.45, 7) is 1.00. The molecule has 0 radical (unpaired) electrons. The highest BCUT2D eigenvalue weighted by Gasteiger charge is 2.62. The summed E-state index contributed by atoms with van der Waals surface area (Å²) >= 11 is 6.21. The molecule has 0 spiro atoms. The van der Waals surface area contributed by atoms with E-state index in [1.165, 1.54) is 36.5 Å². The molecule has 1 aromatic carbocycles. The normalized spacial score (nSPS) is 11.7. The Morgan fingerprint density at radius 2 is 1.95 bits per heavy atom. The molecule has 0 aliphatic carbocycles. The Bertz CT molecular complexity index is 1620. The molecule has 0 saturated carbocycles. The molecular weight excluding hydrogens is 553 g/mol. The topological polar surface area (TPSA) is 144 Å². The number of aldehydes is 1. The van der Waals surface area contributed by atoms with Gasteiger partial charge >= 0.3 is 12.1 Å². The van der Waals surface area contributed by atoms with Gasteiger partial charge < -0.3 is 5.32 Å². The van der Waals surface area contributed by atoms with Gasteiger partial charge in [-0.1, -0.05) is 11.6 Å². The van der Waals surface area contributed by atoms with Crippen LogP contribution in [0.5, 0.6) is 0 Å². The Labute approximate surface area is 219 Å². The number of pyridine rings is 1. The van der Waals surface area contributed by atoms with Crippen LogP contribution in [-0.4, -0.2) is 53.3 Å². The number of benzene rings is 1. The zero-order chi connectivity index (χ0) is 28.5. The summed E-state index contributed by atoms with van der Waals surface area (Å²) in [7, 11) is 0. The van der Waals surface area contributed by atoms with Gasteiger partial charge in [-0.2, -0.15) is 37.1 Å². The second-order valence-electron chi connectivity index (χ2n) is 7.90. The third-order valence-electron chi connectivity index (χ3n) is 5.19. The predicted molar refractivity (Wildman–Crippen MR) is 122 cm³/mol. The molecule has 3 heterocycles. The number of rotatable bonds is 7. The lowest BCUT2D eigenvalue weighted by atomic mass is 10.0. The van der Waals surface area contributed by atoms with E-state index >= 15 is 0 Å². The van der Waals surface area contributed by atoms with Crippen LogP contribution in [0.4, 0.5) is 27.6 Å². The van der Waals surface area contributed by atoms with Crippen molar-refractivity contribution in [1.82, 2.24) is 35.0 Å². The lowest BCUT2D eigenvalue weighted by Crippen LogP contribution is -2.35. The van der Waals surface area contributed by atoms with Crippen LogP contribution in [0.1, 0.15) is 43.5 Å². The Hall–Kier alpha value is -4.78. The van der Waals surface area contributed by atoms with Crippen LogP contribution in [-0.2, 0) is 12.5 Å². The summed E-state index contributed by atoms with van der Waals surface area (Å²) < 4.78 is 66.1. The van der Waals surface area contributed by atoms with E-state index in [0.717, 1.165) is 4.68 Å². The largest absolute Gasteiger partial charge is 0.461 e. The maximum Gasteiger partial charge on any atom is 0.461 e. The summed E-state index contributed by atoms with van der Waals surface area (Å²) in [6, 6.07) is 8.76. The quantitative estimate of drug-likeness (QED) is 0.263. The molecule has 0 bridgehead atoms. The molecule has 4 aromatic rings. The van der Waals surface area contributed by atoms with Crippen molar-refractivity contribution in [2.45, 2.75) is 25.6 Å². The molecule has 0 saturated heterocycles. The number of aromatic nitrogens is 7. The van der Waals surface area contributed by atoms with Crippen LogP contribution in [0.15, 0.2) is 36.5 Å². The van der Waals surface area contributed by atoms with Crippen molar-refractivity contribution in [3.8, 4) is 11.9 Å². The molecule has 1 amide bonds. The lowest BCUT2D eigenvalue weighted by Gasteiger charge is -2.14. The van der Waals surface area contributed by atoms with Crippen molar-refractivity contribution in [2.75, 3.05) is 5.32 Å². The van der Waals surface area contributed by atoms with Crippen molar-refractivity contribution in [3.05, 3.63) is 75.5 Å². The first-order chi connectivity index (χ1) is 18.3. The van der Waals surface area contributed by atoms with E-state index in [4.69, 9.17) is 16.9 Å². The van der Waals surface area contributed by atoms with Crippen LogP contribution >= 0.6 is 11.6 Å². The average molecular weight is 566 g/mol. The summed E-state index contributed by atoms with van der Waals surface area (Å²) in [6.07, 6.45) is -4.14. The van der Waals surface area contributed by atoms with Gasteiger partial charge in [0, 0.05) is 11.8 Å². The molecule has 4 rings (SSSR count). The zero-order valence-electron chi connectivity index (χ0n) is 19.4. The van der Waals surface area contributed by atoms with Gasteiger partial charge in [0.15, 0.2) is 12.1 Å². The molecule has 17 heteroatoms. The number of nitrogens with zero attached hydrogens (tertiary/aromatic N) is 8. The van der Waals surface area contributed by atoms with Crippen LogP contribution < -0.4 is 5.32 Å². The van der Waals surface area contributed by atoms with E-state index in [1.807, 2.05) is 6.07 Å². The first-order valence-electron chi connectivity index (χ1n) is 10.6. The van der Waals surface area contributed by atoms with Crippen molar-refractivity contribution in [3.63, 3.8) is 0 Å². The number of amides is 1. The number of hydrogen-bond acceptors (Lipinski definition) is 8. The number of nitrogens with one attached hydrogen (secondary N) is 1. The molecule has 39 heavy (non-hydrogen) atoms. The first kappa shape index (κ1) is 27.3. The Balaban J connectivity index is 1.73. The lowest BCUT2D eigenvalue weighted by molar-refractivity contribution is -0.292. The number of halogens is 6. The molecule has 0 atom stereocenters. The fraction of sp³-hybridized carbons (Fsp3) is 0.182. The summed E-state index contributed by atoms with van der Waals surface area (Å²) in [4.78, 5) is 29.4. The zero-order valence-corrected chi connectivity index (χ0v) is 20.2. The second-order valence-corrected chi connectivity index (χ2v) is 8.31.